The first kappa shape index (κ1) is 27.5. The van der Waals surface area contributed by atoms with Crippen LogP contribution < -0.4 is 0 Å². The zero-order valence-electron chi connectivity index (χ0n) is 20.9. The number of unbranched alkanes of at least 4 members (excludes halogenated alkanes) is 3. The van der Waals surface area contributed by atoms with E-state index in [-0.39, 0.29) is 5.56 Å². The van der Waals surface area contributed by atoms with Crippen LogP contribution in [0.1, 0.15) is 71.6 Å². The van der Waals surface area contributed by atoms with E-state index in [9.17, 15) is 13.2 Å². The molecule has 1 nitrogen and oxygen atoms in total. The number of halogens is 3. The maximum atomic E-state index is 14.5. The lowest BCUT2D eigenvalue weighted by Crippen LogP contribution is -1.92. The first-order valence-electron chi connectivity index (χ1n) is 11.8. The van der Waals surface area contributed by atoms with Gasteiger partial charge in [0.15, 0.2) is 11.6 Å². The van der Waals surface area contributed by atoms with Crippen molar-refractivity contribution in [2.45, 2.75) is 46.5 Å². The van der Waals surface area contributed by atoms with E-state index in [0.717, 1.165) is 54.5 Å². The molecule has 0 radical (unpaired) electrons. The summed E-state index contributed by atoms with van der Waals surface area (Å²) >= 11 is 4.41. The van der Waals surface area contributed by atoms with E-state index in [0.29, 0.717) is 16.7 Å². The fourth-order valence-corrected chi connectivity index (χ4v) is 3.71. The van der Waals surface area contributed by atoms with Gasteiger partial charge in [-0.15, -0.1) is 0 Å². The zero-order valence-corrected chi connectivity index (χ0v) is 21.7. The molecule has 3 rings (SSSR count). The van der Waals surface area contributed by atoms with Crippen molar-refractivity contribution < 1.29 is 13.2 Å². The van der Waals surface area contributed by atoms with Gasteiger partial charge in [-0.05, 0) is 86.1 Å². The van der Waals surface area contributed by atoms with E-state index < -0.39 is 23.1 Å². The molecule has 0 aromatic heterocycles. The number of nitrogens with zero attached hydrogens (tertiary/aromatic N) is 1. The minimum atomic E-state index is -0.861. The summed E-state index contributed by atoms with van der Waals surface area (Å²) in [4.78, 5) is 3.40. The van der Waals surface area contributed by atoms with E-state index in [1.165, 1.54) is 6.07 Å². The van der Waals surface area contributed by atoms with Gasteiger partial charge >= 0.3 is 0 Å². The molecule has 0 aliphatic carbocycles. The van der Waals surface area contributed by atoms with Crippen LogP contribution in [-0.4, -0.2) is 5.16 Å². The van der Waals surface area contributed by atoms with Crippen molar-refractivity contribution >= 4 is 23.1 Å². The molecule has 3 aromatic rings. The third-order valence-corrected chi connectivity index (χ3v) is 5.58. The van der Waals surface area contributed by atoms with Crippen molar-refractivity contribution in [1.82, 2.24) is 0 Å². The summed E-state index contributed by atoms with van der Waals surface area (Å²) in [5.74, 6) is 15.6. The van der Waals surface area contributed by atoms with Crippen molar-refractivity contribution in [3.8, 4) is 35.5 Å². The summed E-state index contributed by atoms with van der Waals surface area (Å²) in [6.45, 7) is 5.88. The fourth-order valence-electron chi connectivity index (χ4n) is 3.62. The van der Waals surface area contributed by atoms with Crippen LogP contribution in [-0.2, 0) is 0 Å². The molecular weight excluding hydrogens is 487 g/mol. The van der Waals surface area contributed by atoms with Crippen molar-refractivity contribution in [3.63, 3.8) is 0 Å². The van der Waals surface area contributed by atoms with Gasteiger partial charge in [0.05, 0.1) is 10.7 Å². The number of isothiocyanates is 1. The Morgan fingerprint density at radius 1 is 0.730 bits per heavy atom. The lowest BCUT2D eigenvalue weighted by atomic mass is 9.99. The number of aliphatic imine (C=N–C) groups is 1. The molecule has 0 bridgehead atoms. The summed E-state index contributed by atoms with van der Waals surface area (Å²) < 4.78 is 42.7. The lowest BCUT2D eigenvalue weighted by Gasteiger charge is -2.05. The Kier molecular flexibility index (Phi) is 9.89. The lowest BCUT2D eigenvalue weighted by molar-refractivity contribution is 0.587. The predicted molar refractivity (Wildman–Crippen MR) is 146 cm³/mol. The number of aryl methyl sites for hydroxylation is 2. The Hall–Kier alpha value is -4.07. The molecule has 0 atom stereocenters. The van der Waals surface area contributed by atoms with E-state index >= 15 is 0 Å². The standard InChI is InChI=1S/C32H24F3NS/c1-4-5-6-7-8-9-24-10-13-27(29(33)18-24)14-11-25-16-22(2)28(23(3)17-25)15-12-26-19-30(34)32(36-21-37)31(35)20-26/h10,13,16-20H,4-7H2,1-3H3. The molecule has 0 heterocycles. The molecule has 0 aliphatic heterocycles. The van der Waals surface area contributed by atoms with E-state index in [1.807, 2.05) is 31.1 Å². The van der Waals surface area contributed by atoms with Gasteiger partial charge in [-0.25, -0.2) is 13.2 Å². The summed E-state index contributed by atoms with van der Waals surface area (Å²) in [5, 5.41) is 1.96. The van der Waals surface area contributed by atoms with Crippen LogP contribution in [0.2, 0.25) is 0 Å². The first-order valence-corrected chi connectivity index (χ1v) is 12.2. The molecule has 0 N–H and O–H groups in total. The van der Waals surface area contributed by atoms with Crippen LogP contribution in [0.25, 0.3) is 0 Å². The third kappa shape index (κ3) is 7.70. The van der Waals surface area contributed by atoms with Crippen molar-refractivity contribution in [2.75, 3.05) is 0 Å². The predicted octanol–water partition coefficient (Wildman–Crippen LogP) is 8.19. The highest BCUT2D eigenvalue weighted by atomic mass is 32.1. The average molecular weight is 512 g/mol. The van der Waals surface area contributed by atoms with Gasteiger partial charge in [0.2, 0.25) is 0 Å². The fraction of sp³-hybridized carbons (Fsp3) is 0.219. The molecule has 3 aromatic carbocycles. The largest absolute Gasteiger partial charge is 0.206 e. The average Bonchev–Trinajstić information content (AvgIpc) is 2.85. The summed E-state index contributed by atoms with van der Waals surface area (Å²) in [6, 6.07) is 10.7. The molecule has 37 heavy (non-hydrogen) atoms. The smallest absolute Gasteiger partial charge is 0.153 e. The number of hydrogen-bond acceptors (Lipinski definition) is 2. The van der Waals surface area contributed by atoms with Gasteiger partial charge < -0.3 is 0 Å². The van der Waals surface area contributed by atoms with Gasteiger partial charge in [-0.3, -0.25) is 0 Å². The minimum Gasteiger partial charge on any atom is -0.206 e. The number of thiocarbonyl (C=S) groups is 1. The Labute approximate surface area is 221 Å². The second-order valence-corrected chi connectivity index (χ2v) is 8.61. The molecule has 184 valence electrons. The summed E-state index contributed by atoms with van der Waals surface area (Å²) in [5.41, 5.74) is 3.72. The topological polar surface area (TPSA) is 12.4 Å². The molecule has 0 unspecified atom stereocenters. The van der Waals surface area contributed by atoms with Crippen molar-refractivity contribution in [2.24, 2.45) is 4.99 Å². The highest BCUT2D eigenvalue weighted by Gasteiger charge is 2.09. The van der Waals surface area contributed by atoms with Crippen LogP contribution in [0.3, 0.4) is 0 Å². The maximum absolute atomic E-state index is 14.5. The SMILES string of the molecule is CCCCCC#Cc1ccc(C#Cc2cc(C)c(C#Cc3cc(F)c(N=C=S)c(F)c3)c(C)c2)c(F)c1. The molecule has 0 aliphatic rings. The van der Waals surface area contributed by atoms with E-state index in [2.05, 4.69) is 59.7 Å². The first-order chi connectivity index (χ1) is 17.8. The quantitative estimate of drug-likeness (QED) is 0.149. The molecule has 0 saturated heterocycles. The normalized spacial score (nSPS) is 9.68. The van der Waals surface area contributed by atoms with Crippen molar-refractivity contribution in [3.05, 3.63) is 98.9 Å². The van der Waals surface area contributed by atoms with E-state index in [1.54, 1.807) is 12.1 Å². The van der Waals surface area contributed by atoms with Gasteiger partial charge in [0.1, 0.15) is 11.5 Å². The molecular formula is C32H24F3NS. The molecule has 0 saturated carbocycles. The maximum Gasteiger partial charge on any atom is 0.153 e. The Morgan fingerprint density at radius 3 is 1.97 bits per heavy atom. The van der Waals surface area contributed by atoms with Gasteiger partial charge in [0.25, 0.3) is 0 Å². The van der Waals surface area contributed by atoms with Gasteiger partial charge in [-0.1, -0.05) is 55.3 Å². The zero-order chi connectivity index (χ0) is 26.8. The molecule has 0 amide bonds. The molecule has 0 fully saturated rings. The van der Waals surface area contributed by atoms with Crippen molar-refractivity contribution in [1.29, 1.82) is 0 Å². The Balaban J connectivity index is 1.80. The van der Waals surface area contributed by atoms with Crippen LogP contribution in [0.5, 0.6) is 0 Å². The highest BCUT2D eigenvalue weighted by molar-refractivity contribution is 7.78. The Bertz CT molecular complexity index is 1520. The monoisotopic (exact) mass is 511 g/mol. The summed E-state index contributed by atoms with van der Waals surface area (Å²) in [7, 11) is 0. The molecule has 5 heteroatoms. The second-order valence-electron chi connectivity index (χ2n) is 8.43. The number of hydrogen-bond donors (Lipinski definition) is 0. The highest BCUT2D eigenvalue weighted by Crippen LogP contribution is 2.23. The second kappa shape index (κ2) is 13.3. The van der Waals surface area contributed by atoms with Crippen LogP contribution in [0.4, 0.5) is 18.9 Å². The van der Waals surface area contributed by atoms with Crippen LogP contribution in [0, 0.1) is 66.8 Å². The third-order valence-electron chi connectivity index (χ3n) is 5.49. The minimum absolute atomic E-state index is 0.172. The number of rotatable bonds is 4. The summed E-state index contributed by atoms with van der Waals surface area (Å²) in [6.07, 6.45) is 4.14. The van der Waals surface area contributed by atoms with Crippen LogP contribution >= 0.6 is 12.2 Å². The van der Waals surface area contributed by atoms with Gasteiger partial charge in [-0.2, -0.15) is 4.99 Å². The van der Waals surface area contributed by atoms with E-state index in [4.69, 9.17) is 0 Å². The Morgan fingerprint density at radius 2 is 1.35 bits per heavy atom. The number of benzene rings is 3. The van der Waals surface area contributed by atoms with Gasteiger partial charge in [0, 0.05) is 28.7 Å². The molecule has 0 spiro atoms. The van der Waals surface area contributed by atoms with Crippen LogP contribution in [0.15, 0.2) is 47.5 Å².